The molecule has 1 atom stereocenters. The lowest BCUT2D eigenvalue weighted by atomic mass is 10.0. The molecule has 0 saturated carbocycles. The van der Waals surface area contributed by atoms with Gasteiger partial charge >= 0.3 is 0 Å². The molecule has 0 aliphatic carbocycles. The van der Waals surface area contributed by atoms with Crippen LogP contribution in [0.25, 0.3) is 0 Å². The minimum Gasteiger partial charge on any atom is -0.373 e. The van der Waals surface area contributed by atoms with E-state index in [1.54, 1.807) is 24.3 Å². The molecule has 0 aromatic heterocycles. The summed E-state index contributed by atoms with van der Waals surface area (Å²) in [4.78, 5) is 23.0. The van der Waals surface area contributed by atoms with Crippen molar-refractivity contribution in [3.63, 3.8) is 0 Å². The van der Waals surface area contributed by atoms with E-state index in [1.807, 2.05) is 26.8 Å². The van der Waals surface area contributed by atoms with Crippen molar-refractivity contribution in [3.05, 3.63) is 69.3 Å². The van der Waals surface area contributed by atoms with Gasteiger partial charge in [0.05, 0.1) is 16.6 Å². The predicted octanol–water partition coefficient (Wildman–Crippen LogP) is 3.78. The van der Waals surface area contributed by atoms with Gasteiger partial charge in [-0.1, -0.05) is 12.1 Å². The fourth-order valence-electron chi connectivity index (χ4n) is 2.49. The first-order valence-electron chi connectivity index (χ1n) is 8.17. The SMILES string of the molecule is CC(C)NC(=O)c1ccc(NC(C)c2cccc(C#N)c2)c([N+](=O)[O-])c1. The minimum absolute atomic E-state index is 0.0632. The zero-order valence-corrected chi connectivity index (χ0v) is 14.8. The number of hydrogen-bond donors (Lipinski definition) is 2. The van der Waals surface area contributed by atoms with E-state index < -0.39 is 4.92 Å². The number of hydrogen-bond acceptors (Lipinski definition) is 5. The molecule has 2 N–H and O–H groups in total. The lowest BCUT2D eigenvalue weighted by Gasteiger charge is -2.16. The normalized spacial score (nSPS) is 11.5. The molecule has 0 fully saturated rings. The highest BCUT2D eigenvalue weighted by molar-refractivity contribution is 5.95. The monoisotopic (exact) mass is 352 g/mol. The van der Waals surface area contributed by atoms with Gasteiger partial charge < -0.3 is 10.6 Å². The zero-order valence-electron chi connectivity index (χ0n) is 14.8. The highest BCUT2D eigenvalue weighted by Crippen LogP contribution is 2.29. The van der Waals surface area contributed by atoms with Crippen molar-refractivity contribution < 1.29 is 9.72 Å². The fraction of sp³-hybridized carbons (Fsp3) is 0.263. The molecule has 0 saturated heterocycles. The van der Waals surface area contributed by atoms with Gasteiger partial charge in [-0.2, -0.15) is 5.26 Å². The highest BCUT2D eigenvalue weighted by Gasteiger charge is 2.19. The lowest BCUT2D eigenvalue weighted by molar-refractivity contribution is -0.384. The maximum atomic E-state index is 12.1. The molecule has 7 nitrogen and oxygen atoms in total. The second kappa shape index (κ2) is 8.12. The predicted molar refractivity (Wildman–Crippen MR) is 98.9 cm³/mol. The molecule has 2 aromatic rings. The first-order chi connectivity index (χ1) is 12.3. The Bertz CT molecular complexity index is 871. The molecule has 0 aliphatic rings. The van der Waals surface area contributed by atoms with Crippen molar-refractivity contribution in [2.24, 2.45) is 0 Å². The molecule has 26 heavy (non-hydrogen) atoms. The van der Waals surface area contributed by atoms with Crippen molar-refractivity contribution in [1.29, 1.82) is 5.26 Å². The number of nitrogens with zero attached hydrogens (tertiary/aromatic N) is 2. The Labute approximate surface area is 151 Å². The van der Waals surface area contributed by atoms with E-state index >= 15 is 0 Å². The molecule has 0 spiro atoms. The fourth-order valence-corrected chi connectivity index (χ4v) is 2.49. The third-order valence-corrected chi connectivity index (χ3v) is 3.76. The van der Waals surface area contributed by atoms with E-state index in [9.17, 15) is 14.9 Å². The van der Waals surface area contributed by atoms with E-state index in [1.165, 1.54) is 12.1 Å². The van der Waals surface area contributed by atoms with Gasteiger partial charge in [-0.25, -0.2) is 0 Å². The Balaban J connectivity index is 2.29. The van der Waals surface area contributed by atoms with Crippen LogP contribution < -0.4 is 10.6 Å². The number of amides is 1. The lowest BCUT2D eigenvalue weighted by Crippen LogP contribution is -2.30. The minimum atomic E-state index is -0.521. The number of carbonyl (C=O) groups excluding carboxylic acids is 1. The molecule has 0 heterocycles. The van der Waals surface area contributed by atoms with E-state index in [-0.39, 0.29) is 29.2 Å². The first kappa shape index (κ1) is 18.9. The first-order valence-corrected chi connectivity index (χ1v) is 8.17. The number of anilines is 1. The van der Waals surface area contributed by atoms with Gasteiger partial charge in [0.1, 0.15) is 5.69 Å². The van der Waals surface area contributed by atoms with Crippen LogP contribution in [0.15, 0.2) is 42.5 Å². The third-order valence-electron chi connectivity index (χ3n) is 3.76. The Morgan fingerprint density at radius 2 is 1.92 bits per heavy atom. The van der Waals surface area contributed by atoms with Crippen LogP contribution in [-0.2, 0) is 0 Å². The smallest absolute Gasteiger partial charge is 0.293 e. The van der Waals surface area contributed by atoms with Gasteiger partial charge in [0.25, 0.3) is 11.6 Å². The average molecular weight is 352 g/mol. The van der Waals surface area contributed by atoms with E-state index in [0.717, 1.165) is 5.56 Å². The van der Waals surface area contributed by atoms with Gasteiger partial charge in [0.2, 0.25) is 0 Å². The largest absolute Gasteiger partial charge is 0.373 e. The molecule has 0 bridgehead atoms. The van der Waals surface area contributed by atoms with Gasteiger partial charge in [-0.05, 0) is 50.6 Å². The molecule has 1 unspecified atom stereocenters. The standard InChI is InChI=1S/C19H20N4O3/c1-12(2)21-19(24)16-7-8-17(18(10-16)23(25)26)22-13(3)15-6-4-5-14(9-15)11-20/h4-10,12-13,22H,1-3H3,(H,21,24). The summed E-state index contributed by atoms with van der Waals surface area (Å²) in [5.41, 5.74) is 1.72. The maximum absolute atomic E-state index is 12.1. The Kier molecular flexibility index (Phi) is 5.91. The summed E-state index contributed by atoms with van der Waals surface area (Å²) in [7, 11) is 0. The number of rotatable bonds is 6. The highest BCUT2D eigenvalue weighted by atomic mass is 16.6. The molecule has 134 valence electrons. The average Bonchev–Trinajstić information content (AvgIpc) is 2.61. The van der Waals surface area contributed by atoms with Crippen LogP contribution in [0.2, 0.25) is 0 Å². The zero-order chi connectivity index (χ0) is 19.3. The van der Waals surface area contributed by atoms with Crippen molar-refractivity contribution in [1.82, 2.24) is 5.32 Å². The topological polar surface area (TPSA) is 108 Å². The van der Waals surface area contributed by atoms with Crippen LogP contribution in [-0.4, -0.2) is 16.9 Å². The van der Waals surface area contributed by atoms with E-state index in [4.69, 9.17) is 5.26 Å². The second-order valence-corrected chi connectivity index (χ2v) is 6.22. The second-order valence-electron chi connectivity index (χ2n) is 6.22. The number of nitro benzene ring substituents is 1. The summed E-state index contributed by atoms with van der Waals surface area (Å²) in [6, 6.07) is 13.1. The van der Waals surface area contributed by atoms with E-state index in [2.05, 4.69) is 16.7 Å². The van der Waals surface area contributed by atoms with Crippen molar-refractivity contribution in [3.8, 4) is 6.07 Å². The number of benzene rings is 2. The van der Waals surface area contributed by atoms with Crippen LogP contribution in [0.1, 0.15) is 48.3 Å². The third kappa shape index (κ3) is 4.57. The van der Waals surface area contributed by atoms with Crippen LogP contribution in [0.4, 0.5) is 11.4 Å². The van der Waals surface area contributed by atoms with Gasteiger partial charge in [-0.15, -0.1) is 0 Å². The van der Waals surface area contributed by atoms with Crippen LogP contribution in [0.5, 0.6) is 0 Å². The van der Waals surface area contributed by atoms with Gasteiger partial charge in [-0.3, -0.25) is 14.9 Å². The van der Waals surface area contributed by atoms with Gasteiger partial charge in [0, 0.05) is 23.7 Å². The number of nitrogens with one attached hydrogen (secondary N) is 2. The van der Waals surface area contributed by atoms with Crippen LogP contribution in [0.3, 0.4) is 0 Å². The molecule has 2 rings (SSSR count). The Morgan fingerprint density at radius 3 is 2.54 bits per heavy atom. The molecule has 7 heteroatoms. The number of nitriles is 1. The Hall–Kier alpha value is -3.40. The number of carbonyl (C=O) groups is 1. The van der Waals surface area contributed by atoms with E-state index in [0.29, 0.717) is 11.3 Å². The van der Waals surface area contributed by atoms with Crippen LogP contribution in [0, 0.1) is 21.4 Å². The molecular weight excluding hydrogens is 332 g/mol. The van der Waals surface area contributed by atoms with Crippen molar-refractivity contribution in [2.75, 3.05) is 5.32 Å². The quantitative estimate of drug-likeness (QED) is 0.607. The summed E-state index contributed by atoms with van der Waals surface area (Å²) in [5, 5.41) is 26.2. The maximum Gasteiger partial charge on any atom is 0.293 e. The summed E-state index contributed by atoms with van der Waals surface area (Å²) < 4.78 is 0. The van der Waals surface area contributed by atoms with Crippen molar-refractivity contribution >= 4 is 17.3 Å². The summed E-state index contributed by atoms with van der Waals surface area (Å²) in [6.07, 6.45) is 0. The van der Waals surface area contributed by atoms with Gasteiger partial charge in [0.15, 0.2) is 0 Å². The summed E-state index contributed by atoms with van der Waals surface area (Å²) >= 11 is 0. The summed E-state index contributed by atoms with van der Waals surface area (Å²) in [5.74, 6) is -0.357. The van der Waals surface area contributed by atoms with Crippen LogP contribution >= 0.6 is 0 Å². The number of nitro groups is 1. The van der Waals surface area contributed by atoms with Crippen molar-refractivity contribution in [2.45, 2.75) is 32.9 Å². The molecule has 2 aromatic carbocycles. The molecule has 1 amide bonds. The molecular formula is C19H20N4O3. The Morgan fingerprint density at radius 1 is 1.19 bits per heavy atom. The summed E-state index contributed by atoms with van der Waals surface area (Å²) in [6.45, 7) is 5.48. The molecule has 0 aliphatic heterocycles. The molecule has 0 radical (unpaired) electrons.